The monoisotopic (exact) mass is 404 g/mol. The maximum Gasteiger partial charge on any atom is 0.309 e. The van der Waals surface area contributed by atoms with Gasteiger partial charge in [0.25, 0.3) is 6.47 Å². The molecule has 0 aromatic heterocycles. The third-order valence-corrected chi connectivity index (χ3v) is 5.85. The number of unbranched alkanes of at least 4 members (excludes halogenated alkanes) is 4. The maximum absolute atomic E-state index is 11.2. The first kappa shape index (κ1) is 25.2. The fourth-order valence-corrected chi connectivity index (χ4v) is 3.56. The zero-order valence-corrected chi connectivity index (χ0v) is 19.1. The van der Waals surface area contributed by atoms with Crippen LogP contribution in [0.25, 0.3) is 0 Å². The number of aliphatic carboxylic acids is 1. The van der Waals surface area contributed by atoms with Gasteiger partial charge in [0.2, 0.25) is 0 Å². The van der Waals surface area contributed by atoms with E-state index in [1.165, 1.54) is 16.7 Å². The van der Waals surface area contributed by atoms with Crippen molar-refractivity contribution in [3.63, 3.8) is 0 Å². The molecule has 0 unspecified atom stereocenters. The molecular weight excluding hydrogens is 364 g/mol. The minimum atomic E-state index is -0.708. The second-order valence-corrected chi connectivity index (χ2v) is 9.54. The molecule has 1 aromatic carbocycles. The quantitative estimate of drug-likeness (QED) is 0.277. The molecule has 0 amide bonds. The highest BCUT2D eigenvalue weighted by molar-refractivity contribution is 5.73. The van der Waals surface area contributed by atoms with Crippen LogP contribution in [0.15, 0.2) is 18.2 Å². The zero-order chi connectivity index (χ0) is 21.9. The van der Waals surface area contributed by atoms with E-state index in [-0.39, 0.29) is 5.60 Å². The van der Waals surface area contributed by atoms with Gasteiger partial charge >= 0.3 is 5.97 Å². The number of aryl methyl sites for hydroxylation is 3. The van der Waals surface area contributed by atoms with Crippen LogP contribution >= 0.6 is 0 Å². The second kappa shape index (κ2) is 12.0. The van der Waals surface area contributed by atoms with Crippen LogP contribution in [0.1, 0.15) is 95.8 Å². The average molecular weight is 405 g/mol. The van der Waals surface area contributed by atoms with Crippen LogP contribution in [0.3, 0.4) is 0 Å². The summed E-state index contributed by atoms with van der Waals surface area (Å²) in [7, 11) is 0. The molecule has 0 heterocycles. The van der Waals surface area contributed by atoms with E-state index in [0.717, 1.165) is 64.2 Å². The number of hydrogen-bond donors (Lipinski definition) is 1. The van der Waals surface area contributed by atoms with Crippen molar-refractivity contribution in [2.24, 2.45) is 5.41 Å². The van der Waals surface area contributed by atoms with Crippen LogP contribution in [-0.2, 0) is 27.2 Å². The van der Waals surface area contributed by atoms with E-state index in [1.54, 1.807) is 13.8 Å². The highest BCUT2D eigenvalue weighted by atomic mass is 16.5. The SMILES string of the molecule is Cc1ccc(CCCCCC(C)(C)C(=O)O)cc1CCCCCC(C)(C)OC=O. The normalized spacial score (nSPS) is 12.0. The fraction of sp³-hybridized carbons (Fsp3) is 0.680. The van der Waals surface area contributed by atoms with E-state index in [4.69, 9.17) is 4.74 Å². The molecular formula is C25H40O4. The number of benzene rings is 1. The van der Waals surface area contributed by atoms with Gasteiger partial charge in [-0.2, -0.15) is 0 Å². The summed E-state index contributed by atoms with van der Waals surface area (Å²) in [5.74, 6) is -0.708. The number of ether oxygens (including phenoxy) is 1. The summed E-state index contributed by atoms with van der Waals surface area (Å²) in [4.78, 5) is 21.7. The lowest BCUT2D eigenvalue weighted by Gasteiger charge is -2.22. The minimum Gasteiger partial charge on any atom is -0.481 e. The molecule has 0 saturated heterocycles. The van der Waals surface area contributed by atoms with Gasteiger partial charge in [-0.05, 0) is 96.3 Å². The maximum atomic E-state index is 11.2. The first-order chi connectivity index (χ1) is 13.6. The van der Waals surface area contributed by atoms with Gasteiger partial charge < -0.3 is 9.84 Å². The Kier molecular flexibility index (Phi) is 10.4. The van der Waals surface area contributed by atoms with Crippen molar-refractivity contribution in [3.05, 3.63) is 34.9 Å². The number of carboxylic acid groups (broad SMARTS) is 1. The molecule has 0 aliphatic heterocycles. The number of rotatable bonds is 15. The zero-order valence-electron chi connectivity index (χ0n) is 19.1. The molecule has 1 rings (SSSR count). The van der Waals surface area contributed by atoms with Crippen LogP contribution in [0, 0.1) is 12.3 Å². The molecule has 0 spiro atoms. The van der Waals surface area contributed by atoms with Crippen LogP contribution in [0.2, 0.25) is 0 Å². The van der Waals surface area contributed by atoms with Crippen LogP contribution in [0.4, 0.5) is 0 Å². The first-order valence-electron chi connectivity index (χ1n) is 11.0. The van der Waals surface area contributed by atoms with E-state index in [1.807, 2.05) is 13.8 Å². The summed E-state index contributed by atoms with van der Waals surface area (Å²) < 4.78 is 5.10. The lowest BCUT2D eigenvalue weighted by Crippen LogP contribution is -2.23. The number of hydrogen-bond acceptors (Lipinski definition) is 3. The van der Waals surface area contributed by atoms with Gasteiger partial charge in [0.05, 0.1) is 5.41 Å². The summed E-state index contributed by atoms with van der Waals surface area (Å²) in [6, 6.07) is 6.79. The molecule has 1 aromatic rings. The molecule has 29 heavy (non-hydrogen) atoms. The largest absolute Gasteiger partial charge is 0.481 e. The first-order valence-corrected chi connectivity index (χ1v) is 11.0. The Morgan fingerprint density at radius 2 is 1.59 bits per heavy atom. The Labute approximate surface area is 177 Å². The molecule has 0 radical (unpaired) electrons. The summed E-state index contributed by atoms with van der Waals surface area (Å²) in [6.45, 7) is 10.2. The fourth-order valence-electron chi connectivity index (χ4n) is 3.56. The predicted molar refractivity (Wildman–Crippen MR) is 118 cm³/mol. The van der Waals surface area contributed by atoms with E-state index in [2.05, 4.69) is 25.1 Å². The van der Waals surface area contributed by atoms with Gasteiger partial charge in [0.15, 0.2) is 0 Å². The van der Waals surface area contributed by atoms with E-state index in [0.29, 0.717) is 6.47 Å². The van der Waals surface area contributed by atoms with Gasteiger partial charge in [-0.1, -0.05) is 37.5 Å². The van der Waals surface area contributed by atoms with Gasteiger partial charge in [-0.15, -0.1) is 0 Å². The smallest absolute Gasteiger partial charge is 0.309 e. The lowest BCUT2D eigenvalue weighted by molar-refractivity contribution is -0.147. The van der Waals surface area contributed by atoms with Crippen molar-refractivity contribution in [1.82, 2.24) is 0 Å². The van der Waals surface area contributed by atoms with Crippen molar-refractivity contribution >= 4 is 12.4 Å². The van der Waals surface area contributed by atoms with Gasteiger partial charge in [-0.3, -0.25) is 9.59 Å². The topological polar surface area (TPSA) is 63.6 Å². The Balaban J connectivity index is 2.35. The Hall–Kier alpha value is -1.84. The standard InChI is InChI=1S/C25H40O4/c1-20-14-15-21(12-8-6-10-16-24(2,3)23(27)28)18-22(20)13-9-7-11-17-25(4,5)29-19-26/h14-15,18-19H,6-13,16-17H2,1-5H3,(H,27,28). The highest BCUT2D eigenvalue weighted by Crippen LogP contribution is 2.24. The van der Waals surface area contributed by atoms with Gasteiger partial charge in [0.1, 0.15) is 5.60 Å². The van der Waals surface area contributed by atoms with E-state index < -0.39 is 11.4 Å². The summed E-state index contributed by atoms with van der Waals surface area (Å²) in [6.07, 6.45) is 10.2. The third kappa shape index (κ3) is 9.96. The predicted octanol–water partition coefficient (Wildman–Crippen LogP) is 6.26. The minimum absolute atomic E-state index is 0.364. The Bertz CT molecular complexity index is 646. The summed E-state index contributed by atoms with van der Waals surface area (Å²) in [5, 5.41) is 9.18. The third-order valence-electron chi connectivity index (χ3n) is 5.85. The van der Waals surface area contributed by atoms with Gasteiger partial charge in [-0.25, -0.2) is 0 Å². The van der Waals surface area contributed by atoms with Crippen LogP contribution in [0.5, 0.6) is 0 Å². The number of carbonyl (C=O) groups is 2. The van der Waals surface area contributed by atoms with Crippen LogP contribution in [-0.4, -0.2) is 23.1 Å². The lowest BCUT2D eigenvalue weighted by atomic mass is 9.87. The summed E-state index contributed by atoms with van der Waals surface area (Å²) in [5.41, 5.74) is 3.17. The van der Waals surface area contributed by atoms with E-state index >= 15 is 0 Å². The molecule has 0 saturated carbocycles. The van der Waals surface area contributed by atoms with Gasteiger partial charge in [0, 0.05) is 0 Å². The van der Waals surface area contributed by atoms with Crippen molar-refractivity contribution < 1.29 is 19.4 Å². The number of carbonyl (C=O) groups excluding carboxylic acids is 1. The molecule has 0 atom stereocenters. The van der Waals surface area contributed by atoms with Crippen molar-refractivity contribution in [2.75, 3.05) is 0 Å². The van der Waals surface area contributed by atoms with Crippen molar-refractivity contribution in [3.8, 4) is 0 Å². The molecule has 0 bridgehead atoms. The van der Waals surface area contributed by atoms with Crippen LogP contribution < -0.4 is 0 Å². The molecule has 4 heteroatoms. The number of carboxylic acids is 1. The molecule has 164 valence electrons. The van der Waals surface area contributed by atoms with E-state index in [9.17, 15) is 14.7 Å². The second-order valence-electron chi connectivity index (χ2n) is 9.54. The van der Waals surface area contributed by atoms with Crippen molar-refractivity contribution in [1.29, 1.82) is 0 Å². The summed E-state index contributed by atoms with van der Waals surface area (Å²) >= 11 is 0. The molecule has 0 aliphatic rings. The van der Waals surface area contributed by atoms with Crippen molar-refractivity contribution in [2.45, 2.75) is 104 Å². The molecule has 0 aliphatic carbocycles. The molecule has 1 N–H and O–H groups in total. The average Bonchev–Trinajstić information content (AvgIpc) is 2.63. The molecule has 4 nitrogen and oxygen atoms in total. The molecule has 0 fully saturated rings. The Morgan fingerprint density at radius 1 is 0.966 bits per heavy atom. The highest BCUT2D eigenvalue weighted by Gasteiger charge is 2.25. The Morgan fingerprint density at radius 3 is 2.21 bits per heavy atom.